The van der Waals surface area contributed by atoms with E-state index in [-0.39, 0.29) is 12.3 Å². The molecule has 0 aromatic heterocycles. The summed E-state index contributed by atoms with van der Waals surface area (Å²) in [5, 5.41) is 23.2. The number of non-ortho nitro benzene ring substituents is 1. The number of nitriles is 1. The van der Waals surface area contributed by atoms with Gasteiger partial charge >= 0.3 is 0 Å². The summed E-state index contributed by atoms with van der Waals surface area (Å²) in [6.45, 7) is 3.75. The van der Waals surface area contributed by atoms with Crippen molar-refractivity contribution in [1.82, 2.24) is 5.32 Å². The fourth-order valence-corrected chi connectivity index (χ4v) is 1.86. The summed E-state index contributed by atoms with van der Waals surface area (Å²) < 4.78 is 5.62. The van der Waals surface area contributed by atoms with Crippen molar-refractivity contribution in [1.29, 1.82) is 5.26 Å². The first kappa shape index (κ1) is 14.3. The van der Waals surface area contributed by atoms with Gasteiger partial charge in [0.2, 0.25) is 0 Å². The third kappa shape index (κ3) is 3.45. The summed E-state index contributed by atoms with van der Waals surface area (Å²) >= 11 is 0. The first-order chi connectivity index (χ1) is 9.43. The van der Waals surface area contributed by atoms with Gasteiger partial charge in [-0.1, -0.05) is 0 Å². The first-order valence-electron chi connectivity index (χ1n) is 6.50. The maximum Gasteiger partial charge on any atom is 0.273 e. The van der Waals surface area contributed by atoms with Gasteiger partial charge in [0.1, 0.15) is 17.9 Å². The molecule has 6 nitrogen and oxygen atoms in total. The number of ether oxygens (including phenoxy) is 1. The lowest BCUT2D eigenvalue weighted by atomic mass is 10.1. The Balaban J connectivity index is 2.07. The van der Waals surface area contributed by atoms with Crippen LogP contribution in [0.15, 0.2) is 18.2 Å². The Hall–Kier alpha value is -2.13. The highest BCUT2D eigenvalue weighted by atomic mass is 16.6. The molecule has 0 aliphatic heterocycles. The number of aryl methyl sites for hydroxylation is 1. The molecule has 106 valence electrons. The van der Waals surface area contributed by atoms with Crippen LogP contribution in [0.2, 0.25) is 0 Å². The lowest BCUT2D eigenvalue weighted by Gasteiger charge is -2.23. The number of hydrogen-bond acceptors (Lipinski definition) is 5. The molecule has 0 spiro atoms. The maximum absolute atomic E-state index is 10.8. The van der Waals surface area contributed by atoms with Gasteiger partial charge in [-0.2, -0.15) is 5.26 Å². The van der Waals surface area contributed by atoms with Gasteiger partial charge in [0.05, 0.1) is 17.1 Å². The summed E-state index contributed by atoms with van der Waals surface area (Å²) in [7, 11) is 0. The summed E-state index contributed by atoms with van der Waals surface area (Å²) in [6, 6.07) is 7.07. The van der Waals surface area contributed by atoms with Crippen LogP contribution in [0.4, 0.5) is 5.69 Å². The SMILES string of the molecule is Cc1ccc([N+](=O)[O-])cc1OCC(C)(C#N)NC1CC1. The zero-order valence-electron chi connectivity index (χ0n) is 11.5. The van der Waals surface area contributed by atoms with Crippen molar-refractivity contribution in [2.24, 2.45) is 0 Å². The molecule has 2 rings (SSSR count). The second-order valence-electron chi connectivity index (χ2n) is 5.36. The minimum Gasteiger partial charge on any atom is -0.490 e. The Bertz CT molecular complexity index is 563. The van der Waals surface area contributed by atoms with Crippen LogP contribution in [0.25, 0.3) is 0 Å². The molecule has 0 amide bonds. The van der Waals surface area contributed by atoms with Gasteiger partial charge in [0.15, 0.2) is 0 Å². The van der Waals surface area contributed by atoms with E-state index < -0.39 is 10.5 Å². The van der Waals surface area contributed by atoms with E-state index in [0.717, 1.165) is 18.4 Å². The number of nitrogens with zero attached hydrogens (tertiary/aromatic N) is 2. The van der Waals surface area contributed by atoms with Gasteiger partial charge in [-0.15, -0.1) is 0 Å². The van der Waals surface area contributed by atoms with E-state index in [0.29, 0.717) is 11.8 Å². The molecule has 0 heterocycles. The van der Waals surface area contributed by atoms with Crippen LogP contribution in [0, 0.1) is 28.4 Å². The third-order valence-corrected chi connectivity index (χ3v) is 3.25. The van der Waals surface area contributed by atoms with Gasteiger partial charge in [-0.05, 0) is 38.3 Å². The van der Waals surface area contributed by atoms with Crippen LogP contribution in [0.1, 0.15) is 25.3 Å². The second kappa shape index (κ2) is 5.47. The summed E-state index contributed by atoms with van der Waals surface area (Å²) in [5.74, 6) is 0.443. The van der Waals surface area contributed by atoms with Crippen molar-refractivity contribution in [3.63, 3.8) is 0 Å². The Morgan fingerprint density at radius 1 is 1.60 bits per heavy atom. The van der Waals surface area contributed by atoms with Gasteiger partial charge in [-0.3, -0.25) is 15.4 Å². The predicted molar refractivity (Wildman–Crippen MR) is 73.5 cm³/mol. The molecule has 1 aromatic rings. The summed E-state index contributed by atoms with van der Waals surface area (Å²) in [6.07, 6.45) is 2.15. The zero-order valence-corrected chi connectivity index (χ0v) is 11.5. The minimum absolute atomic E-state index is 0.0144. The van der Waals surface area contributed by atoms with Crippen molar-refractivity contribution in [3.8, 4) is 11.8 Å². The number of nitro benzene ring substituents is 1. The summed E-state index contributed by atoms with van der Waals surface area (Å²) in [4.78, 5) is 10.3. The molecule has 6 heteroatoms. The molecule has 0 saturated heterocycles. The topological polar surface area (TPSA) is 88.2 Å². The minimum atomic E-state index is -0.780. The number of benzene rings is 1. The number of nitro groups is 1. The van der Waals surface area contributed by atoms with E-state index in [1.165, 1.54) is 12.1 Å². The van der Waals surface area contributed by atoms with E-state index >= 15 is 0 Å². The van der Waals surface area contributed by atoms with Gasteiger partial charge in [-0.25, -0.2) is 0 Å². The standard InChI is InChI=1S/C14H17N3O3/c1-10-3-6-12(17(18)19)7-13(10)20-9-14(2,8-15)16-11-4-5-11/h3,6-7,11,16H,4-5,9H2,1-2H3. The molecule has 1 aromatic carbocycles. The van der Waals surface area contributed by atoms with Crippen molar-refractivity contribution >= 4 is 5.69 Å². The van der Waals surface area contributed by atoms with Crippen molar-refractivity contribution in [3.05, 3.63) is 33.9 Å². The fourth-order valence-electron chi connectivity index (χ4n) is 1.86. The Morgan fingerprint density at radius 2 is 2.30 bits per heavy atom. The second-order valence-corrected chi connectivity index (χ2v) is 5.36. The molecule has 1 aliphatic rings. The van der Waals surface area contributed by atoms with Crippen molar-refractivity contribution in [2.45, 2.75) is 38.3 Å². The van der Waals surface area contributed by atoms with Crippen LogP contribution < -0.4 is 10.1 Å². The molecular formula is C14H17N3O3. The van der Waals surface area contributed by atoms with E-state index in [2.05, 4.69) is 11.4 Å². The molecule has 1 saturated carbocycles. The van der Waals surface area contributed by atoms with Crippen LogP contribution >= 0.6 is 0 Å². The van der Waals surface area contributed by atoms with E-state index in [1.807, 2.05) is 6.92 Å². The highest BCUT2D eigenvalue weighted by Crippen LogP contribution is 2.26. The van der Waals surface area contributed by atoms with Gasteiger partial charge < -0.3 is 4.74 Å². The Labute approximate surface area is 117 Å². The van der Waals surface area contributed by atoms with Gasteiger partial charge in [0.25, 0.3) is 5.69 Å². The molecule has 0 bridgehead atoms. The average molecular weight is 275 g/mol. The first-order valence-corrected chi connectivity index (χ1v) is 6.50. The highest BCUT2D eigenvalue weighted by Gasteiger charge is 2.33. The van der Waals surface area contributed by atoms with Crippen LogP contribution in [-0.2, 0) is 0 Å². The van der Waals surface area contributed by atoms with E-state index in [1.54, 1.807) is 13.0 Å². The average Bonchev–Trinajstić information content (AvgIpc) is 3.21. The fraction of sp³-hybridized carbons (Fsp3) is 0.500. The van der Waals surface area contributed by atoms with E-state index in [9.17, 15) is 15.4 Å². The van der Waals surface area contributed by atoms with Crippen LogP contribution in [-0.4, -0.2) is 23.1 Å². The van der Waals surface area contributed by atoms with E-state index in [4.69, 9.17) is 4.74 Å². The summed E-state index contributed by atoms with van der Waals surface area (Å²) in [5.41, 5.74) is 0.0137. The Kier molecular flexibility index (Phi) is 3.91. The number of hydrogen-bond donors (Lipinski definition) is 1. The molecule has 1 N–H and O–H groups in total. The monoisotopic (exact) mass is 275 g/mol. The largest absolute Gasteiger partial charge is 0.490 e. The maximum atomic E-state index is 10.8. The molecular weight excluding hydrogens is 258 g/mol. The number of nitrogens with one attached hydrogen (secondary N) is 1. The lowest BCUT2D eigenvalue weighted by Crippen LogP contribution is -2.47. The zero-order chi connectivity index (χ0) is 14.8. The molecule has 1 unspecified atom stereocenters. The molecule has 20 heavy (non-hydrogen) atoms. The molecule has 1 fully saturated rings. The Morgan fingerprint density at radius 3 is 2.85 bits per heavy atom. The number of rotatable bonds is 6. The smallest absolute Gasteiger partial charge is 0.273 e. The molecule has 0 radical (unpaired) electrons. The molecule has 1 aliphatic carbocycles. The predicted octanol–water partition coefficient (Wildman–Crippen LogP) is 2.32. The lowest BCUT2D eigenvalue weighted by molar-refractivity contribution is -0.385. The highest BCUT2D eigenvalue weighted by molar-refractivity contribution is 5.43. The quantitative estimate of drug-likeness (QED) is 0.635. The van der Waals surface area contributed by atoms with Gasteiger partial charge in [0, 0.05) is 12.1 Å². The van der Waals surface area contributed by atoms with Crippen LogP contribution in [0.3, 0.4) is 0 Å². The van der Waals surface area contributed by atoms with Crippen LogP contribution in [0.5, 0.6) is 5.75 Å². The normalized spacial score (nSPS) is 17.1. The third-order valence-electron chi connectivity index (χ3n) is 3.25. The van der Waals surface area contributed by atoms with Crippen molar-refractivity contribution < 1.29 is 9.66 Å². The molecule has 1 atom stereocenters. The van der Waals surface area contributed by atoms with Crippen molar-refractivity contribution in [2.75, 3.05) is 6.61 Å².